The van der Waals surface area contributed by atoms with Gasteiger partial charge in [0.1, 0.15) is 11.9 Å². The van der Waals surface area contributed by atoms with Gasteiger partial charge in [-0.05, 0) is 66.8 Å². The molecule has 27 heavy (non-hydrogen) atoms. The molecule has 4 rings (SSSR count). The molecular weight excluding hydrogens is 367 g/mol. The number of carbonyl (C=O) groups is 2. The number of carbonyl (C=O) groups excluding carboxylic acids is 2. The summed E-state index contributed by atoms with van der Waals surface area (Å²) in [7, 11) is 0. The number of benzene rings is 2. The molecule has 2 N–H and O–H groups in total. The molecule has 138 valence electrons. The van der Waals surface area contributed by atoms with Gasteiger partial charge in [0, 0.05) is 22.7 Å². The molecule has 7 heteroatoms. The van der Waals surface area contributed by atoms with E-state index < -0.39 is 0 Å². The number of ether oxygens (including phenoxy) is 1. The van der Waals surface area contributed by atoms with Crippen LogP contribution in [0.2, 0.25) is 0 Å². The van der Waals surface area contributed by atoms with Crippen LogP contribution in [0.25, 0.3) is 10.1 Å². The molecule has 0 bridgehead atoms. The maximum atomic E-state index is 13.3. The first-order valence-electron chi connectivity index (χ1n) is 8.61. The van der Waals surface area contributed by atoms with E-state index >= 15 is 0 Å². The van der Waals surface area contributed by atoms with E-state index in [4.69, 9.17) is 4.74 Å². The Morgan fingerprint density at radius 1 is 1.04 bits per heavy atom. The lowest BCUT2D eigenvalue weighted by Gasteiger charge is -2.11. The van der Waals surface area contributed by atoms with Crippen LogP contribution in [0.5, 0.6) is 0 Å². The van der Waals surface area contributed by atoms with Crippen LogP contribution in [0.15, 0.2) is 48.5 Å². The fraction of sp³-hybridized carbons (Fsp3) is 0.200. The van der Waals surface area contributed by atoms with Crippen molar-refractivity contribution in [3.63, 3.8) is 0 Å². The Morgan fingerprint density at radius 3 is 2.48 bits per heavy atom. The van der Waals surface area contributed by atoms with Crippen molar-refractivity contribution in [3.8, 4) is 0 Å². The Balaban J connectivity index is 1.41. The van der Waals surface area contributed by atoms with Crippen LogP contribution in [-0.4, -0.2) is 24.5 Å². The van der Waals surface area contributed by atoms with Crippen molar-refractivity contribution >= 4 is 44.6 Å². The maximum absolute atomic E-state index is 13.3. The minimum Gasteiger partial charge on any atom is -0.368 e. The van der Waals surface area contributed by atoms with Crippen LogP contribution in [0.4, 0.5) is 15.8 Å². The van der Waals surface area contributed by atoms with Crippen molar-refractivity contribution in [2.45, 2.75) is 18.9 Å². The largest absolute Gasteiger partial charge is 0.368 e. The first-order chi connectivity index (χ1) is 13.1. The summed E-state index contributed by atoms with van der Waals surface area (Å²) >= 11 is 1.31. The van der Waals surface area contributed by atoms with Crippen LogP contribution in [-0.2, 0) is 9.53 Å². The van der Waals surface area contributed by atoms with Gasteiger partial charge < -0.3 is 15.4 Å². The SMILES string of the molecule is O=C(Nc1ccc(NC(=O)C2CCCO2)cc1)c1cc2cc(F)ccc2s1. The van der Waals surface area contributed by atoms with E-state index in [0.29, 0.717) is 28.2 Å². The standard InChI is InChI=1S/C20H17FN2O3S/c21-13-3-8-17-12(10-13)11-18(27-17)20(25)23-15-6-4-14(5-7-15)22-19(24)16-2-1-9-26-16/h3-8,10-11,16H,1-2,9H2,(H,22,24)(H,23,25). The third kappa shape index (κ3) is 3.99. The number of thiophene rings is 1. The molecule has 2 amide bonds. The molecular formula is C20H17FN2O3S. The van der Waals surface area contributed by atoms with Crippen molar-refractivity contribution in [2.24, 2.45) is 0 Å². The molecule has 0 radical (unpaired) electrons. The molecule has 1 aliphatic heterocycles. The number of hydrogen-bond acceptors (Lipinski definition) is 4. The molecule has 2 aromatic carbocycles. The number of nitrogens with one attached hydrogen (secondary N) is 2. The predicted molar refractivity (Wildman–Crippen MR) is 104 cm³/mol. The molecule has 0 saturated carbocycles. The third-order valence-electron chi connectivity index (χ3n) is 4.33. The number of anilines is 2. The monoisotopic (exact) mass is 384 g/mol. The van der Waals surface area contributed by atoms with E-state index in [1.54, 1.807) is 36.4 Å². The van der Waals surface area contributed by atoms with Crippen molar-refractivity contribution < 1.29 is 18.7 Å². The first kappa shape index (κ1) is 17.6. The molecule has 1 saturated heterocycles. The molecule has 2 heterocycles. The topological polar surface area (TPSA) is 67.4 Å². The van der Waals surface area contributed by atoms with Gasteiger partial charge in [0.25, 0.3) is 11.8 Å². The highest BCUT2D eigenvalue weighted by molar-refractivity contribution is 7.20. The molecule has 0 aliphatic carbocycles. The highest BCUT2D eigenvalue weighted by atomic mass is 32.1. The Morgan fingerprint density at radius 2 is 1.78 bits per heavy atom. The maximum Gasteiger partial charge on any atom is 0.265 e. The van der Waals surface area contributed by atoms with Crippen molar-refractivity contribution in [2.75, 3.05) is 17.2 Å². The lowest BCUT2D eigenvalue weighted by molar-refractivity contribution is -0.124. The fourth-order valence-electron chi connectivity index (χ4n) is 2.96. The summed E-state index contributed by atoms with van der Waals surface area (Å²) in [5, 5.41) is 6.32. The van der Waals surface area contributed by atoms with Gasteiger partial charge in [0.05, 0.1) is 4.88 Å². The quantitative estimate of drug-likeness (QED) is 0.700. The molecule has 5 nitrogen and oxygen atoms in total. The number of rotatable bonds is 4. The lowest BCUT2D eigenvalue weighted by Crippen LogP contribution is -2.26. The number of amides is 2. The molecule has 1 fully saturated rings. The number of halogens is 1. The van der Waals surface area contributed by atoms with E-state index in [1.807, 2.05) is 0 Å². The Kier molecular flexibility index (Phi) is 4.87. The van der Waals surface area contributed by atoms with Crippen LogP contribution in [0, 0.1) is 5.82 Å². The Hall–Kier alpha value is -2.77. The van der Waals surface area contributed by atoms with E-state index in [9.17, 15) is 14.0 Å². The van der Waals surface area contributed by atoms with Crippen molar-refractivity contribution in [1.82, 2.24) is 0 Å². The zero-order valence-electron chi connectivity index (χ0n) is 14.3. The summed E-state index contributed by atoms with van der Waals surface area (Å²) in [5.74, 6) is -0.734. The molecule has 1 unspecified atom stereocenters. The predicted octanol–water partition coefficient (Wildman–Crippen LogP) is 4.41. The second-order valence-electron chi connectivity index (χ2n) is 6.32. The van der Waals surface area contributed by atoms with Gasteiger partial charge in [-0.25, -0.2) is 4.39 Å². The number of hydrogen-bond donors (Lipinski definition) is 2. The van der Waals surface area contributed by atoms with Gasteiger partial charge in [0.15, 0.2) is 0 Å². The molecule has 3 aromatic rings. The highest BCUT2D eigenvalue weighted by Crippen LogP contribution is 2.27. The van der Waals surface area contributed by atoms with Gasteiger partial charge in [-0.3, -0.25) is 9.59 Å². The zero-order chi connectivity index (χ0) is 18.8. The lowest BCUT2D eigenvalue weighted by atomic mass is 10.2. The minimum atomic E-state index is -0.387. The van der Waals surface area contributed by atoms with Crippen LogP contribution >= 0.6 is 11.3 Å². The summed E-state index contributed by atoms with van der Waals surface area (Å²) in [6.07, 6.45) is 1.24. The first-order valence-corrected chi connectivity index (χ1v) is 9.43. The zero-order valence-corrected chi connectivity index (χ0v) is 15.1. The summed E-state index contributed by atoms with van der Waals surface area (Å²) < 4.78 is 19.5. The Labute approximate surface area is 159 Å². The second-order valence-corrected chi connectivity index (χ2v) is 7.40. The fourth-order valence-corrected chi connectivity index (χ4v) is 3.90. The molecule has 1 aliphatic rings. The van der Waals surface area contributed by atoms with Crippen molar-refractivity contribution in [1.29, 1.82) is 0 Å². The Bertz CT molecular complexity index is 994. The van der Waals surface area contributed by atoms with Crippen molar-refractivity contribution in [3.05, 3.63) is 59.2 Å². The summed E-state index contributed by atoms with van der Waals surface area (Å²) in [6.45, 7) is 0.618. The number of fused-ring (bicyclic) bond motifs is 1. The van der Waals surface area contributed by atoms with Crippen LogP contribution < -0.4 is 10.6 Å². The summed E-state index contributed by atoms with van der Waals surface area (Å²) in [4.78, 5) is 25.0. The minimum absolute atomic E-state index is 0.151. The van der Waals surface area contributed by atoms with Gasteiger partial charge in [0.2, 0.25) is 0 Å². The third-order valence-corrected chi connectivity index (χ3v) is 5.45. The molecule has 1 aromatic heterocycles. The summed E-state index contributed by atoms with van der Waals surface area (Å²) in [5.41, 5.74) is 1.25. The highest BCUT2D eigenvalue weighted by Gasteiger charge is 2.23. The van der Waals surface area contributed by atoms with Crippen LogP contribution in [0.1, 0.15) is 22.5 Å². The summed E-state index contributed by atoms with van der Waals surface area (Å²) in [6, 6.07) is 13.0. The van der Waals surface area contributed by atoms with E-state index in [1.165, 1.54) is 23.5 Å². The average molecular weight is 384 g/mol. The molecule has 1 atom stereocenters. The van der Waals surface area contributed by atoms with E-state index in [2.05, 4.69) is 10.6 Å². The van der Waals surface area contributed by atoms with Gasteiger partial charge in [-0.2, -0.15) is 0 Å². The van der Waals surface area contributed by atoms with Gasteiger partial charge in [-0.15, -0.1) is 11.3 Å². The van der Waals surface area contributed by atoms with E-state index in [-0.39, 0.29) is 23.7 Å². The van der Waals surface area contributed by atoms with Crippen LogP contribution in [0.3, 0.4) is 0 Å². The van der Waals surface area contributed by atoms with Gasteiger partial charge in [-0.1, -0.05) is 0 Å². The smallest absolute Gasteiger partial charge is 0.265 e. The second kappa shape index (κ2) is 7.46. The average Bonchev–Trinajstić information content (AvgIpc) is 3.32. The van der Waals surface area contributed by atoms with Gasteiger partial charge >= 0.3 is 0 Å². The normalized spacial score (nSPS) is 16.4. The molecule has 0 spiro atoms. The van der Waals surface area contributed by atoms with E-state index in [0.717, 1.165) is 17.5 Å².